The van der Waals surface area contributed by atoms with E-state index in [1.165, 1.54) is 13.0 Å². The molecule has 0 fully saturated rings. The normalized spacial score (nSPS) is 14.6. The molecule has 0 saturated carbocycles. The SMILES string of the molecule is CC(=O)Nc1cccc2c1C(=O)C(N)=C(Br)C2=O. The van der Waals surface area contributed by atoms with Gasteiger partial charge < -0.3 is 11.1 Å². The first kappa shape index (κ1) is 12.5. The molecule has 2 rings (SSSR count). The standard InChI is InChI=1S/C12H9BrN2O3/c1-5(16)15-7-4-2-3-6-8(7)12(18)10(14)9(13)11(6)17/h2-4H,14H2,1H3,(H,15,16). The second-order valence-electron chi connectivity index (χ2n) is 3.80. The molecule has 1 amide bonds. The summed E-state index contributed by atoms with van der Waals surface area (Å²) in [5.74, 6) is -1.16. The molecule has 0 aromatic heterocycles. The number of carbonyl (C=O) groups is 3. The van der Waals surface area contributed by atoms with Gasteiger partial charge in [0.15, 0.2) is 0 Å². The van der Waals surface area contributed by atoms with E-state index in [0.717, 1.165) is 0 Å². The van der Waals surface area contributed by atoms with E-state index >= 15 is 0 Å². The number of allylic oxidation sites excluding steroid dienone is 2. The number of nitrogens with one attached hydrogen (secondary N) is 1. The van der Waals surface area contributed by atoms with Crippen LogP contribution in [-0.4, -0.2) is 17.5 Å². The van der Waals surface area contributed by atoms with Gasteiger partial charge in [0, 0.05) is 12.5 Å². The first-order valence-electron chi connectivity index (χ1n) is 5.08. The van der Waals surface area contributed by atoms with Crippen molar-refractivity contribution in [2.24, 2.45) is 5.73 Å². The molecular weight excluding hydrogens is 300 g/mol. The zero-order valence-corrected chi connectivity index (χ0v) is 11.0. The fraction of sp³-hybridized carbons (Fsp3) is 0.0833. The summed E-state index contributed by atoms with van der Waals surface area (Å²) in [6, 6.07) is 4.67. The summed E-state index contributed by atoms with van der Waals surface area (Å²) in [5, 5.41) is 2.51. The molecule has 18 heavy (non-hydrogen) atoms. The van der Waals surface area contributed by atoms with Gasteiger partial charge in [0.2, 0.25) is 17.5 Å². The van der Waals surface area contributed by atoms with Crippen molar-refractivity contribution in [3.63, 3.8) is 0 Å². The van der Waals surface area contributed by atoms with Gasteiger partial charge in [-0.15, -0.1) is 0 Å². The summed E-state index contributed by atoms with van der Waals surface area (Å²) < 4.78 is 0.0555. The van der Waals surface area contributed by atoms with Crippen LogP contribution in [0.4, 0.5) is 5.69 Å². The molecule has 0 heterocycles. The van der Waals surface area contributed by atoms with Crippen LogP contribution in [0.3, 0.4) is 0 Å². The molecule has 0 spiro atoms. The van der Waals surface area contributed by atoms with Crippen LogP contribution >= 0.6 is 15.9 Å². The van der Waals surface area contributed by atoms with E-state index in [9.17, 15) is 14.4 Å². The predicted octanol–water partition coefficient (Wildman–Crippen LogP) is 1.59. The Morgan fingerprint density at radius 3 is 2.56 bits per heavy atom. The van der Waals surface area contributed by atoms with Crippen LogP contribution in [0.2, 0.25) is 0 Å². The number of fused-ring (bicyclic) bond motifs is 1. The quantitative estimate of drug-likeness (QED) is 0.824. The largest absolute Gasteiger partial charge is 0.395 e. The van der Waals surface area contributed by atoms with Gasteiger partial charge in [-0.05, 0) is 22.0 Å². The zero-order valence-electron chi connectivity index (χ0n) is 9.41. The number of Topliss-reactive ketones (excluding diaryl/α,β-unsaturated/α-hetero) is 2. The molecular formula is C12H9BrN2O3. The molecule has 0 bridgehead atoms. The number of benzene rings is 1. The van der Waals surface area contributed by atoms with Crippen LogP contribution in [0, 0.1) is 0 Å². The number of amides is 1. The topological polar surface area (TPSA) is 89.3 Å². The second-order valence-corrected chi connectivity index (χ2v) is 4.59. The molecule has 5 nitrogen and oxygen atoms in total. The van der Waals surface area contributed by atoms with Gasteiger partial charge in [0.25, 0.3) is 0 Å². The lowest BCUT2D eigenvalue weighted by atomic mass is 9.91. The number of hydrogen-bond donors (Lipinski definition) is 2. The van der Waals surface area contributed by atoms with Gasteiger partial charge in [-0.25, -0.2) is 0 Å². The minimum Gasteiger partial charge on any atom is -0.395 e. The Bertz CT molecular complexity index is 620. The Balaban J connectivity index is 2.67. The molecule has 0 radical (unpaired) electrons. The van der Waals surface area contributed by atoms with Crippen molar-refractivity contribution in [2.45, 2.75) is 6.92 Å². The number of rotatable bonds is 1. The van der Waals surface area contributed by atoms with E-state index < -0.39 is 5.78 Å². The summed E-state index contributed by atoms with van der Waals surface area (Å²) in [4.78, 5) is 35.1. The van der Waals surface area contributed by atoms with Crippen LogP contribution in [0.25, 0.3) is 0 Å². The van der Waals surface area contributed by atoms with Crippen LogP contribution < -0.4 is 11.1 Å². The highest BCUT2D eigenvalue weighted by Crippen LogP contribution is 2.31. The highest BCUT2D eigenvalue weighted by atomic mass is 79.9. The molecule has 92 valence electrons. The first-order valence-corrected chi connectivity index (χ1v) is 5.88. The van der Waals surface area contributed by atoms with Gasteiger partial charge in [0.1, 0.15) is 0 Å². The van der Waals surface area contributed by atoms with Crippen molar-refractivity contribution in [3.8, 4) is 0 Å². The Morgan fingerprint density at radius 2 is 1.94 bits per heavy atom. The van der Waals surface area contributed by atoms with Crippen LogP contribution in [-0.2, 0) is 4.79 Å². The number of hydrogen-bond acceptors (Lipinski definition) is 4. The summed E-state index contributed by atoms with van der Waals surface area (Å²) in [7, 11) is 0. The fourth-order valence-corrected chi connectivity index (χ4v) is 2.15. The third-order valence-corrected chi connectivity index (χ3v) is 3.31. The molecule has 0 saturated heterocycles. The van der Waals surface area contributed by atoms with Crippen LogP contribution in [0.15, 0.2) is 28.4 Å². The second kappa shape index (κ2) is 4.38. The summed E-state index contributed by atoms with van der Waals surface area (Å²) in [6.07, 6.45) is 0. The Labute approximate surface area is 111 Å². The Hall–Kier alpha value is -1.95. The lowest BCUT2D eigenvalue weighted by Gasteiger charge is -2.18. The van der Waals surface area contributed by atoms with Crippen molar-refractivity contribution in [2.75, 3.05) is 5.32 Å². The van der Waals surface area contributed by atoms with Gasteiger partial charge in [-0.1, -0.05) is 12.1 Å². The van der Waals surface area contributed by atoms with Gasteiger partial charge in [-0.3, -0.25) is 14.4 Å². The van der Waals surface area contributed by atoms with Gasteiger partial charge in [0.05, 0.1) is 21.4 Å². The van der Waals surface area contributed by atoms with Crippen molar-refractivity contribution in [1.82, 2.24) is 0 Å². The maximum atomic E-state index is 12.1. The summed E-state index contributed by atoms with van der Waals surface area (Å²) in [6.45, 7) is 1.32. The number of ketones is 2. The molecule has 0 unspecified atom stereocenters. The van der Waals surface area contributed by atoms with E-state index in [1.54, 1.807) is 12.1 Å². The average Bonchev–Trinajstić information content (AvgIpc) is 2.32. The van der Waals surface area contributed by atoms with Crippen LogP contribution in [0.1, 0.15) is 27.6 Å². The molecule has 3 N–H and O–H groups in total. The maximum Gasteiger partial charge on any atom is 0.221 e. The number of carbonyl (C=O) groups excluding carboxylic acids is 3. The smallest absolute Gasteiger partial charge is 0.221 e. The molecule has 1 aromatic carbocycles. The number of anilines is 1. The molecule has 6 heteroatoms. The summed E-state index contributed by atoms with van der Waals surface area (Å²) in [5.41, 5.74) is 6.09. The maximum absolute atomic E-state index is 12.1. The van der Waals surface area contributed by atoms with E-state index in [1.807, 2.05) is 0 Å². The Morgan fingerprint density at radius 1 is 1.28 bits per heavy atom. The minimum atomic E-state index is -0.471. The molecule has 1 aromatic rings. The monoisotopic (exact) mass is 308 g/mol. The van der Waals surface area contributed by atoms with E-state index in [0.29, 0.717) is 5.69 Å². The molecule has 1 aliphatic carbocycles. The third-order valence-electron chi connectivity index (χ3n) is 2.53. The Kier molecular flexibility index (Phi) is 3.04. The first-order chi connectivity index (χ1) is 8.43. The predicted molar refractivity (Wildman–Crippen MR) is 69.5 cm³/mol. The lowest BCUT2D eigenvalue weighted by Crippen LogP contribution is -2.26. The van der Waals surface area contributed by atoms with E-state index in [2.05, 4.69) is 21.2 Å². The van der Waals surface area contributed by atoms with Crippen molar-refractivity contribution < 1.29 is 14.4 Å². The van der Waals surface area contributed by atoms with E-state index in [-0.39, 0.29) is 33.0 Å². The lowest BCUT2D eigenvalue weighted by molar-refractivity contribution is -0.114. The highest BCUT2D eigenvalue weighted by molar-refractivity contribution is 9.12. The fourth-order valence-electron chi connectivity index (χ4n) is 1.75. The molecule has 0 aliphatic heterocycles. The average molecular weight is 309 g/mol. The van der Waals surface area contributed by atoms with Crippen molar-refractivity contribution in [3.05, 3.63) is 39.5 Å². The number of nitrogens with two attached hydrogens (primary N) is 1. The van der Waals surface area contributed by atoms with Gasteiger partial charge in [-0.2, -0.15) is 0 Å². The highest BCUT2D eigenvalue weighted by Gasteiger charge is 2.31. The van der Waals surface area contributed by atoms with Crippen molar-refractivity contribution in [1.29, 1.82) is 0 Å². The zero-order chi connectivity index (χ0) is 13.4. The van der Waals surface area contributed by atoms with Crippen LogP contribution in [0.5, 0.6) is 0 Å². The minimum absolute atomic E-state index is 0.0555. The van der Waals surface area contributed by atoms with Gasteiger partial charge >= 0.3 is 0 Å². The molecule has 0 atom stereocenters. The van der Waals surface area contributed by atoms with Crippen molar-refractivity contribution >= 4 is 39.1 Å². The van der Waals surface area contributed by atoms with E-state index in [4.69, 9.17) is 5.73 Å². The summed E-state index contributed by atoms with van der Waals surface area (Å²) >= 11 is 3.00. The molecule has 1 aliphatic rings. The third kappa shape index (κ3) is 1.84. The number of halogens is 1.